The molecule has 0 aliphatic rings. The molecule has 0 amide bonds. The molecule has 0 aliphatic carbocycles. The smallest absolute Gasteiger partial charge is 0.308 e. The van der Waals surface area contributed by atoms with Crippen LogP contribution in [0.3, 0.4) is 0 Å². The Kier molecular flexibility index (Phi) is 13.6. The second-order valence-electron chi connectivity index (χ2n) is 22.7. The molecule has 0 bridgehead atoms. The van der Waals surface area contributed by atoms with Gasteiger partial charge in [-0.25, -0.2) is 28.7 Å². The predicted octanol–water partition coefficient (Wildman–Crippen LogP) is 21.8. The largest absolute Gasteiger partial charge is 0.416 e. The van der Waals surface area contributed by atoms with Crippen molar-refractivity contribution in [3.8, 4) is 113 Å². The third-order valence-corrected chi connectivity index (χ3v) is 17.0. The highest BCUT2D eigenvalue weighted by Crippen LogP contribution is 2.48. The minimum Gasteiger partial charge on any atom is -0.308 e. The van der Waals surface area contributed by atoms with Crippen LogP contribution >= 0.6 is 0 Å². The highest BCUT2D eigenvalue weighted by atomic mass is 19.4. The fourth-order valence-electron chi connectivity index (χ4n) is 12.8. The molecule has 11 heteroatoms. The van der Waals surface area contributed by atoms with Crippen LogP contribution in [-0.4, -0.2) is 29.1 Å². The number of nitrogens with zero attached hydrogens (tertiary/aromatic N) is 6. The molecule has 0 spiro atoms. The van der Waals surface area contributed by atoms with E-state index < -0.39 is 23.4 Å². The van der Waals surface area contributed by atoms with Gasteiger partial charge in [-0.15, -0.1) is 0 Å². The average molecular weight is 1200 g/mol. The first-order valence-corrected chi connectivity index (χ1v) is 30.0. The number of fused-ring (bicyclic) bond motifs is 6. The first-order chi connectivity index (χ1) is 45.0. The van der Waals surface area contributed by atoms with Gasteiger partial charge in [0.25, 0.3) is 0 Å². The average Bonchev–Trinajstić information content (AvgIpc) is 1.53. The molecule has 6 nitrogen and oxygen atoms in total. The predicted molar refractivity (Wildman–Crippen MR) is 360 cm³/mol. The standard InChI is InChI=1S/C81H49F5N6/c82-60-41-58(42-61(83)49-60)80-78(91-74-43-54(70-29-13-25-66(87-70)50-17-5-1-6-18-50)33-37-62(74)63-38-34-55(44-75(63)91)71-30-14-26-67(88-71)51-19-7-2-8-20-51)47-59(81(84,85)86)48-79(80)92-76-45-56(72-31-15-27-68(89-72)52-21-9-3-10-22-52)35-39-64(76)65-40-36-57(46-77(65)92)73-32-16-28-69(90-73)53-23-11-4-12-24-53/h1-49H. The third kappa shape index (κ3) is 10.1. The zero-order chi connectivity index (χ0) is 62.0. The first-order valence-electron chi connectivity index (χ1n) is 30.0. The van der Waals surface area contributed by atoms with E-state index in [4.69, 9.17) is 19.9 Å². The molecule has 16 rings (SSSR count). The summed E-state index contributed by atoms with van der Waals surface area (Å²) in [6.45, 7) is 0. The van der Waals surface area contributed by atoms with Crippen molar-refractivity contribution in [1.82, 2.24) is 29.1 Å². The van der Waals surface area contributed by atoms with Gasteiger partial charge in [0, 0.05) is 77.7 Å². The molecule has 0 radical (unpaired) electrons. The Bertz CT molecular complexity index is 4920. The molecule has 438 valence electrons. The lowest BCUT2D eigenvalue weighted by Crippen LogP contribution is -2.11. The number of alkyl halides is 3. The fourth-order valence-corrected chi connectivity index (χ4v) is 12.8. The van der Waals surface area contributed by atoms with Gasteiger partial charge in [-0.3, -0.25) is 0 Å². The first kappa shape index (κ1) is 55.4. The Balaban J connectivity index is 1.02. The molecule has 0 atom stereocenters. The Morgan fingerprint density at radius 3 is 0.761 bits per heavy atom. The maximum atomic E-state index is 16.6. The van der Waals surface area contributed by atoms with Gasteiger partial charge in [0.2, 0.25) is 0 Å². The normalized spacial score (nSPS) is 11.8. The number of halogens is 5. The second kappa shape index (κ2) is 22.6. The summed E-state index contributed by atoms with van der Waals surface area (Å²) in [4.78, 5) is 20.5. The molecule has 0 aliphatic heterocycles. The molecule has 0 unspecified atom stereocenters. The SMILES string of the molecule is Fc1cc(F)cc(-c2c(-n3c4cc(-c5cccc(-c6ccccc6)n5)ccc4c4ccc(-c5cccc(-c6ccccc6)n5)cc43)cc(C(F)(F)F)cc2-n2c3cc(-c4cccc(-c5ccccc5)n4)ccc3c3ccc(-c4cccc(-c5ccccc5)n4)cc32)c1. The van der Waals surface area contributed by atoms with E-state index in [-0.39, 0.29) is 22.5 Å². The van der Waals surface area contributed by atoms with Gasteiger partial charge in [0.05, 0.1) is 84.6 Å². The highest BCUT2D eigenvalue weighted by molar-refractivity contribution is 6.14. The number of hydrogen-bond donors (Lipinski definition) is 0. The molecular weight excluding hydrogens is 1150 g/mol. The molecule has 0 N–H and O–H groups in total. The van der Waals surface area contributed by atoms with Gasteiger partial charge < -0.3 is 9.13 Å². The second-order valence-corrected chi connectivity index (χ2v) is 22.7. The van der Waals surface area contributed by atoms with E-state index in [9.17, 15) is 0 Å². The Morgan fingerprint density at radius 1 is 0.239 bits per heavy atom. The van der Waals surface area contributed by atoms with Gasteiger partial charge in [0.1, 0.15) is 11.6 Å². The molecule has 16 aromatic rings. The van der Waals surface area contributed by atoms with Crippen LogP contribution in [-0.2, 0) is 6.18 Å². The van der Waals surface area contributed by atoms with E-state index >= 15 is 22.0 Å². The summed E-state index contributed by atoms with van der Waals surface area (Å²) in [5, 5.41) is 2.82. The van der Waals surface area contributed by atoms with E-state index in [1.54, 1.807) is 9.13 Å². The molecular formula is C81H49F5N6. The molecule has 6 aromatic heterocycles. The lowest BCUT2D eigenvalue weighted by molar-refractivity contribution is -0.137. The number of pyridine rings is 4. The molecule has 10 aromatic carbocycles. The lowest BCUT2D eigenvalue weighted by Gasteiger charge is -2.23. The summed E-state index contributed by atoms with van der Waals surface area (Å²) in [6, 6.07) is 91.0. The van der Waals surface area contributed by atoms with Crippen molar-refractivity contribution in [2.45, 2.75) is 6.18 Å². The lowest BCUT2D eigenvalue weighted by atomic mass is 9.97. The van der Waals surface area contributed by atoms with E-state index in [0.717, 1.165) is 63.2 Å². The van der Waals surface area contributed by atoms with Crippen LogP contribution < -0.4 is 0 Å². The van der Waals surface area contributed by atoms with Crippen LogP contribution in [0, 0.1) is 11.6 Å². The monoisotopic (exact) mass is 1200 g/mol. The molecule has 0 saturated carbocycles. The van der Waals surface area contributed by atoms with Gasteiger partial charge in [-0.1, -0.05) is 194 Å². The van der Waals surface area contributed by atoms with Crippen LogP contribution in [0.25, 0.3) is 156 Å². The Labute approximate surface area is 525 Å². The van der Waals surface area contributed by atoms with Crippen molar-refractivity contribution in [2.75, 3.05) is 0 Å². The number of aromatic nitrogens is 6. The van der Waals surface area contributed by atoms with Crippen molar-refractivity contribution < 1.29 is 22.0 Å². The van der Waals surface area contributed by atoms with Crippen molar-refractivity contribution in [1.29, 1.82) is 0 Å². The van der Waals surface area contributed by atoms with Crippen molar-refractivity contribution in [3.05, 3.63) is 314 Å². The third-order valence-electron chi connectivity index (χ3n) is 17.0. The van der Waals surface area contributed by atoms with E-state index in [0.29, 0.717) is 88.6 Å². The van der Waals surface area contributed by atoms with E-state index in [2.05, 4.69) is 0 Å². The molecule has 0 saturated heterocycles. The number of hydrogen-bond acceptors (Lipinski definition) is 4. The zero-order valence-electron chi connectivity index (χ0n) is 48.9. The van der Waals surface area contributed by atoms with Crippen LogP contribution in [0.2, 0.25) is 0 Å². The molecule has 6 heterocycles. The molecule has 92 heavy (non-hydrogen) atoms. The van der Waals surface area contributed by atoms with Crippen LogP contribution in [0.1, 0.15) is 5.56 Å². The summed E-state index contributed by atoms with van der Waals surface area (Å²) in [5.74, 6) is -1.84. The van der Waals surface area contributed by atoms with Crippen molar-refractivity contribution >= 4 is 43.6 Å². The summed E-state index contributed by atoms with van der Waals surface area (Å²) < 4.78 is 86.4. The van der Waals surface area contributed by atoms with Crippen molar-refractivity contribution in [2.24, 2.45) is 0 Å². The summed E-state index contributed by atoms with van der Waals surface area (Å²) >= 11 is 0. The quantitative estimate of drug-likeness (QED) is 0.121. The van der Waals surface area contributed by atoms with E-state index in [1.807, 2.05) is 267 Å². The maximum Gasteiger partial charge on any atom is 0.416 e. The maximum absolute atomic E-state index is 16.6. The van der Waals surface area contributed by atoms with Gasteiger partial charge >= 0.3 is 6.18 Å². The topological polar surface area (TPSA) is 61.4 Å². The number of benzene rings is 10. The fraction of sp³-hybridized carbons (Fsp3) is 0.0123. The van der Waals surface area contributed by atoms with Crippen LogP contribution in [0.5, 0.6) is 0 Å². The summed E-state index contributed by atoms with van der Waals surface area (Å²) in [7, 11) is 0. The van der Waals surface area contributed by atoms with Crippen molar-refractivity contribution in [3.63, 3.8) is 0 Å². The minimum absolute atomic E-state index is 0.00267. The van der Waals surface area contributed by atoms with Gasteiger partial charge in [-0.05, 0) is 103 Å². The summed E-state index contributed by atoms with van der Waals surface area (Å²) in [5.41, 5.74) is 12.9. The van der Waals surface area contributed by atoms with E-state index in [1.165, 1.54) is 12.1 Å². The Hall–Kier alpha value is -12.0. The van der Waals surface area contributed by atoms with Gasteiger partial charge in [-0.2, -0.15) is 13.2 Å². The zero-order valence-corrected chi connectivity index (χ0v) is 48.9. The van der Waals surface area contributed by atoms with Crippen LogP contribution in [0.15, 0.2) is 297 Å². The molecule has 0 fully saturated rings. The Morgan fingerprint density at radius 2 is 0.500 bits per heavy atom. The highest BCUT2D eigenvalue weighted by Gasteiger charge is 2.35. The van der Waals surface area contributed by atoms with Gasteiger partial charge in [0.15, 0.2) is 0 Å². The summed E-state index contributed by atoms with van der Waals surface area (Å²) in [6.07, 6.45) is -4.97. The number of rotatable bonds is 11. The van der Waals surface area contributed by atoms with Crippen LogP contribution in [0.4, 0.5) is 22.0 Å². The minimum atomic E-state index is -4.97.